The first kappa shape index (κ1) is 19.5. The number of anilines is 1. The summed E-state index contributed by atoms with van der Waals surface area (Å²) in [5, 5.41) is 12.0. The molecule has 0 saturated carbocycles. The fourth-order valence-electron chi connectivity index (χ4n) is 2.51. The molecule has 0 saturated heterocycles. The smallest absolute Gasteiger partial charge is 0.256 e. The van der Waals surface area contributed by atoms with Crippen molar-refractivity contribution in [3.05, 3.63) is 55.4 Å². The molecule has 2 rings (SSSR count). The third-order valence-corrected chi connectivity index (χ3v) is 4.58. The third kappa shape index (κ3) is 5.31. The van der Waals surface area contributed by atoms with Crippen LogP contribution in [0.3, 0.4) is 0 Å². The Labute approximate surface area is 157 Å². The molecule has 0 aliphatic carbocycles. The molecule has 0 radical (unpaired) electrons. The van der Waals surface area contributed by atoms with Gasteiger partial charge in [-0.05, 0) is 37.5 Å². The highest BCUT2D eigenvalue weighted by Gasteiger charge is 2.13. The Morgan fingerprint density at radius 2 is 2.04 bits per heavy atom. The molecule has 0 bridgehead atoms. The predicted molar refractivity (Wildman–Crippen MR) is 104 cm³/mol. The topological polar surface area (TPSA) is 81.6 Å². The molecular weight excluding hydrogens is 359 g/mol. The van der Waals surface area contributed by atoms with Gasteiger partial charge in [-0.3, -0.25) is 9.78 Å². The van der Waals surface area contributed by atoms with Gasteiger partial charge in [0.1, 0.15) is 0 Å². The third-order valence-electron chi connectivity index (χ3n) is 3.84. The summed E-state index contributed by atoms with van der Waals surface area (Å²) in [4.78, 5) is 19.6. The van der Waals surface area contributed by atoms with Gasteiger partial charge in [0.15, 0.2) is 0 Å². The minimum Gasteiger partial charge on any atom is -0.352 e. The number of nitrogens with zero attached hydrogens (tertiary/aromatic N) is 1. The Morgan fingerprint density at radius 1 is 1.28 bits per heavy atom. The van der Waals surface area contributed by atoms with Crippen LogP contribution in [-0.2, 0) is 13.0 Å². The molecule has 5 nitrogen and oxygen atoms in total. The number of hydrogen-bond acceptors (Lipinski definition) is 4. The highest BCUT2D eigenvalue weighted by molar-refractivity contribution is 6.42. The highest BCUT2D eigenvalue weighted by atomic mass is 35.5. The van der Waals surface area contributed by atoms with Crippen LogP contribution < -0.4 is 10.9 Å². The molecular formula is C18H22Cl2N4O. The molecule has 3 N–H and O–H groups in total. The van der Waals surface area contributed by atoms with Gasteiger partial charge in [0.2, 0.25) is 5.95 Å². The summed E-state index contributed by atoms with van der Waals surface area (Å²) in [7, 11) is 0. The molecule has 7 heteroatoms. The number of nitrogens with one attached hydrogen (secondary N) is 3. The number of aromatic nitrogens is 2. The monoisotopic (exact) mass is 380 g/mol. The zero-order valence-corrected chi connectivity index (χ0v) is 15.9. The van der Waals surface area contributed by atoms with Crippen molar-refractivity contribution in [3.63, 3.8) is 0 Å². The van der Waals surface area contributed by atoms with Crippen LogP contribution in [0.1, 0.15) is 49.9 Å². The number of benzene rings is 1. The molecule has 0 atom stereocenters. The number of hydrogen-bond donors (Lipinski definition) is 3. The second-order valence-electron chi connectivity index (χ2n) is 5.93. The van der Waals surface area contributed by atoms with E-state index in [9.17, 15) is 4.79 Å². The van der Waals surface area contributed by atoms with Crippen molar-refractivity contribution in [2.24, 2.45) is 0 Å². The van der Waals surface area contributed by atoms with E-state index < -0.39 is 0 Å². The Hall–Kier alpha value is -1.85. The average Bonchev–Trinajstić information content (AvgIpc) is 2.57. The summed E-state index contributed by atoms with van der Waals surface area (Å²) in [5.41, 5.74) is 2.05. The molecule has 0 fully saturated rings. The van der Waals surface area contributed by atoms with Crippen LogP contribution >= 0.6 is 23.2 Å². The molecule has 2 aromatic rings. The fourth-order valence-corrected chi connectivity index (χ4v) is 2.83. The van der Waals surface area contributed by atoms with Gasteiger partial charge in [0.25, 0.3) is 5.56 Å². The molecule has 0 amide bonds. The van der Waals surface area contributed by atoms with Crippen LogP contribution in [0, 0.1) is 5.41 Å². The molecule has 0 aliphatic heterocycles. The van der Waals surface area contributed by atoms with Crippen LogP contribution in [0.25, 0.3) is 0 Å². The second-order valence-corrected chi connectivity index (χ2v) is 6.74. The van der Waals surface area contributed by atoms with Gasteiger partial charge in [-0.25, -0.2) is 4.98 Å². The zero-order valence-electron chi connectivity index (χ0n) is 14.4. The van der Waals surface area contributed by atoms with E-state index in [2.05, 4.69) is 22.2 Å². The summed E-state index contributed by atoms with van der Waals surface area (Å²) in [6, 6.07) is 5.33. The van der Waals surface area contributed by atoms with E-state index in [0.717, 1.165) is 24.8 Å². The van der Waals surface area contributed by atoms with Gasteiger partial charge in [0, 0.05) is 12.1 Å². The van der Waals surface area contributed by atoms with E-state index >= 15 is 0 Å². The number of aromatic amines is 1. The first-order chi connectivity index (χ1) is 11.9. The van der Waals surface area contributed by atoms with Crippen LogP contribution in [0.15, 0.2) is 23.0 Å². The minimum atomic E-state index is -0.190. The summed E-state index contributed by atoms with van der Waals surface area (Å²) in [5.74, 6) is 0.344. The van der Waals surface area contributed by atoms with Gasteiger partial charge in [-0.15, -0.1) is 0 Å². The average molecular weight is 381 g/mol. The maximum absolute atomic E-state index is 12.4. The standard InChI is InChI=1S/C18H22Cl2N4O/c1-3-4-5-6-13-16(11(2)21)23-18(24-17(13)25)22-10-12-7-8-14(19)15(20)9-12/h7-9,21H,3-6,10H2,1-2H3,(H2,22,23,24,25). The summed E-state index contributed by atoms with van der Waals surface area (Å²) in [6.07, 6.45) is 3.67. The molecule has 0 unspecified atom stereocenters. The maximum atomic E-state index is 12.4. The largest absolute Gasteiger partial charge is 0.352 e. The Kier molecular flexibility index (Phi) is 7.02. The van der Waals surface area contributed by atoms with Crippen molar-refractivity contribution < 1.29 is 0 Å². The lowest BCUT2D eigenvalue weighted by molar-refractivity contribution is 0.709. The summed E-state index contributed by atoms with van der Waals surface area (Å²) < 4.78 is 0. The van der Waals surface area contributed by atoms with Crippen LogP contribution in [0.4, 0.5) is 5.95 Å². The summed E-state index contributed by atoms with van der Waals surface area (Å²) in [6.45, 7) is 4.20. The maximum Gasteiger partial charge on any atom is 0.256 e. The summed E-state index contributed by atoms with van der Waals surface area (Å²) >= 11 is 11.9. The van der Waals surface area contributed by atoms with Gasteiger partial charge in [-0.2, -0.15) is 0 Å². The normalized spacial score (nSPS) is 10.7. The van der Waals surface area contributed by atoms with Crippen molar-refractivity contribution in [1.82, 2.24) is 9.97 Å². The molecule has 0 spiro atoms. The lowest BCUT2D eigenvalue weighted by Crippen LogP contribution is -2.22. The number of unbranched alkanes of at least 4 members (excludes halogenated alkanes) is 2. The van der Waals surface area contributed by atoms with E-state index in [-0.39, 0.29) is 11.3 Å². The van der Waals surface area contributed by atoms with Crippen molar-refractivity contribution in [2.45, 2.75) is 46.1 Å². The van der Waals surface area contributed by atoms with Gasteiger partial charge in [0.05, 0.1) is 21.5 Å². The van der Waals surface area contributed by atoms with E-state index in [4.69, 9.17) is 28.6 Å². The highest BCUT2D eigenvalue weighted by Crippen LogP contribution is 2.22. The second kappa shape index (κ2) is 9.02. The van der Waals surface area contributed by atoms with E-state index in [1.54, 1.807) is 19.1 Å². The Bertz CT molecular complexity index is 817. The van der Waals surface area contributed by atoms with Crippen LogP contribution in [0.2, 0.25) is 10.0 Å². The molecule has 0 aliphatic rings. The van der Waals surface area contributed by atoms with Gasteiger partial charge < -0.3 is 10.7 Å². The quantitative estimate of drug-likeness (QED) is 0.453. The molecule has 25 heavy (non-hydrogen) atoms. The number of halogens is 2. The lowest BCUT2D eigenvalue weighted by atomic mass is 10.0. The minimum absolute atomic E-state index is 0.190. The van der Waals surface area contributed by atoms with Crippen molar-refractivity contribution in [1.29, 1.82) is 5.41 Å². The Balaban J connectivity index is 2.19. The van der Waals surface area contributed by atoms with Crippen LogP contribution in [0.5, 0.6) is 0 Å². The number of H-pyrrole nitrogens is 1. The lowest BCUT2D eigenvalue weighted by Gasteiger charge is -2.11. The molecule has 134 valence electrons. The fraction of sp³-hybridized carbons (Fsp3) is 0.389. The molecule has 1 heterocycles. The number of rotatable bonds is 8. The first-order valence-electron chi connectivity index (χ1n) is 8.29. The first-order valence-corrected chi connectivity index (χ1v) is 9.04. The van der Waals surface area contributed by atoms with Gasteiger partial charge >= 0.3 is 0 Å². The predicted octanol–water partition coefficient (Wildman–Crippen LogP) is 4.81. The van der Waals surface area contributed by atoms with E-state index in [0.29, 0.717) is 40.2 Å². The Morgan fingerprint density at radius 3 is 2.68 bits per heavy atom. The SMILES string of the molecule is CCCCCc1c(C(C)=N)nc(NCc2ccc(Cl)c(Cl)c2)[nH]c1=O. The van der Waals surface area contributed by atoms with Crippen molar-refractivity contribution >= 4 is 34.9 Å². The van der Waals surface area contributed by atoms with E-state index in [1.807, 2.05) is 6.07 Å². The zero-order chi connectivity index (χ0) is 18.4. The van der Waals surface area contributed by atoms with Crippen molar-refractivity contribution in [2.75, 3.05) is 5.32 Å². The van der Waals surface area contributed by atoms with E-state index in [1.165, 1.54) is 0 Å². The molecule has 1 aromatic heterocycles. The van der Waals surface area contributed by atoms with Crippen LogP contribution in [-0.4, -0.2) is 15.7 Å². The van der Waals surface area contributed by atoms with Gasteiger partial charge in [-0.1, -0.05) is 49.0 Å². The van der Waals surface area contributed by atoms with Crippen molar-refractivity contribution in [3.8, 4) is 0 Å². The molecule has 1 aromatic carbocycles.